The summed E-state index contributed by atoms with van der Waals surface area (Å²) in [5, 5.41) is 1.15. The average Bonchev–Trinajstić information content (AvgIpc) is 2.40. The molecule has 2 rings (SSSR count). The van der Waals surface area contributed by atoms with Gasteiger partial charge in [0, 0.05) is 18.8 Å². The molecule has 1 aromatic heterocycles. The van der Waals surface area contributed by atoms with Gasteiger partial charge in [0.15, 0.2) is 0 Å². The van der Waals surface area contributed by atoms with Gasteiger partial charge < -0.3 is 0 Å². The van der Waals surface area contributed by atoms with Gasteiger partial charge in [-0.3, -0.25) is 4.90 Å². The number of hydrogen-bond donors (Lipinski definition) is 0. The summed E-state index contributed by atoms with van der Waals surface area (Å²) in [5.74, 6) is 1.83. The van der Waals surface area contributed by atoms with Crippen molar-refractivity contribution in [2.24, 2.45) is 5.92 Å². The summed E-state index contributed by atoms with van der Waals surface area (Å²) in [6.07, 6.45) is 6.08. The summed E-state index contributed by atoms with van der Waals surface area (Å²) < 4.78 is 0. The van der Waals surface area contributed by atoms with Crippen molar-refractivity contribution in [3.05, 3.63) is 23.9 Å². The summed E-state index contributed by atoms with van der Waals surface area (Å²) >= 11 is 1.82. The molecule has 0 spiro atoms. The molecule has 1 saturated heterocycles. The number of thioether (sulfide) groups is 1. The first-order valence-electron chi connectivity index (χ1n) is 7.53. The monoisotopic (exact) mass is 278 g/mol. The van der Waals surface area contributed by atoms with Gasteiger partial charge in [-0.25, -0.2) is 4.98 Å². The third kappa shape index (κ3) is 4.22. The fraction of sp³-hybridized carbons (Fsp3) is 0.688. The predicted molar refractivity (Wildman–Crippen MR) is 83.6 cm³/mol. The highest BCUT2D eigenvalue weighted by Gasteiger charge is 2.24. The number of pyridine rings is 1. The Balaban J connectivity index is 2.08. The van der Waals surface area contributed by atoms with Crippen LogP contribution in [0.5, 0.6) is 0 Å². The minimum Gasteiger partial charge on any atom is -0.296 e. The van der Waals surface area contributed by atoms with Gasteiger partial charge in [-0.15, -0.1) is 11.8 Å². The van der Waals surface area contributed by atoms with Gasteiger partial charge in [-0.2, -0.15) is 0 Å². The molecule has 1 fully saturated rings. The summed E-state index contributed by atoms with van der Waals surface area (Å²) in [7, 11) is 0. The van der Waals surface area contributed by atoms with Gasteiger partial charge in [-0.1, -0.05) is 33.3 Å². The lowest BCUT2D eigenvalue weighted by Crippen LogP contribution is -2.36. The molecule has 0 N–H and O–H groups in total. The number of piperidine rings is 1. The van der Waals surface area contributed by atoms with Gasteiger partial charge in [0.2, 0.25) is 0 Å². The van der Waals surface area contributed by atoms with Crippen LogP contribution in [-0.2, 0) is 0 Å². The molecule has 2 nitrogen and oxygen atoms in total. The van der Waals surface area contributed by atoms with E-state index in [0.717, 1.165) is 16.7 Å². The van der Waals surface area contributed by atoms with Crippen LogP contribution in [-0.4, -0.2) is 28.7 Å². The van der Waals surface area contributed by atoms with Gasteiger partial charge in [0.1, 0.15) is 0 Å². The van der Waals surface area contributed by atoms with Crippen molar-refractivity contribution < 1.29 is 0 Å². The third-order valence-corrected chi connectivity index (χ3v) is 4.48. The Morgan fingerprint density at radius 3 is 2.84 bits per heavy atom. The zero-order valence-corrected chi connectivity index (χ0v) is 13.2. The highest BCUT2D eigenvalue weighted by molar-refractivity contribution is 7.99. The zero-order valence-electron chi connectivity index (χ0n) is 12.4. The molecule has 0 aromatic carbocycles. The first-order chi connectivity index (χ1) is 9.20. The molecule has 1 atom stereocenters. The smallest absolute Gasteiger partial charge is 0.0959 e. The molecule has 1 aliphatic rings. The maximum absolute atomic E-state index is 4.59. The molecule has 0 aliphatic carbocycles. The van der Waals surface area contributed by atoms with E-state index in [-0.39, 0.29) is 0 Å². The Morgan fingerprint density at radius 1 is 1.37 bits per heavy atom. The Kier molecular flexibility index (Phi) is 5.71. The Hall–Kier alpha value is -0.540. The minimum atomic E-state index is 0.587. The van der Waals surface area contributed by atoms with E-state index in [1.807, 2.05) is 11.8 Å². The maximum atomic E-state index is 4.59. The number of likely N-dealkylation sites (tertiary alicyclic amines) is 1. The molecule has 0 radical (unpaired) electrons. The highest BCUT2D eigenvalue weighted by Crippen LogP contribution is 2.31. The first-order valence-corrected chi connectivity index (χ1v) is 8.52. The molecule has 1 aromatic rings. The lowest BCUT2D eigenvalue weighted by Gasteiger charge is -2.37. The van der Waals surface area contributed by atoms with Crippen LogP contribution in [0.3, 0.4) is 0 Å². The lowest BCUT2D eigenvalue weighted by atomic mass is 9.95. The minimum absolute atomic E-state index is 0.587. The van der Waals surface area contributed by atoms with E-state index in [1.54, 1.807) is 0 Å². The van der Waals surface area contributed by atoms with Crippen LogP contribution < -0.4 is 0 Å². The molecule has 2 heterocycles. The lowest BCUT2D eigenvalue weighted by molar-refractivity contribution is 0.132. The maximum Gasteiger partial charge on any atom is 0.0959 e. The van der Waals surface area contributed by atoms with Crippen molar-refractivity contribution >= 4 is 11.8 Å². The van der Waals surface area contributed by atoms with Crippen molar-refractivity contribution in [2.45, 2.75) is 51.1 Å². The fourth-order valence-corrected chi connectivity index (χ4v) is 3.47. The van der Waals surface area contributed by atoms with Crippen molar-refractivity contribution in [2.75, 3.05) is 18.8 Å². The molecule has 0 saturated carbocycles. The summed E-state index contributed by atoms with van der Waals surface area (Å²) in [6, 6.07) is 5.06. The first kappa shape index (κ1) is 14.9. The van der Waals surface area contributed by atoms with Gasteiger partial charge in [0.25, 0.3) is 0 Å². The largest absolute Gasteiger partial charge is 0.296 e. The summed E-state index contributed by atoms with van der Waals surface area (Å²) in [5.41, 5.74) is 1.40. The normalized spacial score (nSPS) is 20.9. The van der Waals surface area contributed by atoms with Crippen molar-refractivity contribution in [1.29, 1.82) is 0 Å². The van der Waals surface area contributed by atoms with Crippen molar-refractivity contribution in [1.82, 2.24) is 9.88 Å². The molecule has 0 bridgehead atoms. The quantitative estimate of drug-likeness (QED) is 0.744. The average molecular weight is 278 g/mol. The van der Waals surface area contributed by atoms with E-state index in [9.17, 15) is 0 Å². The predicted octanol–water partition coefficient (Wildman–Crippen LogP) is 4.38. The molecule has 106 valence electrons. The second-order valence-electron chi connectivity index (χ2n) is 5.76. The van der Waals surface area contributed by atoms with E-state index >= 15 is 0 Å². The summed E-state index contributed by atoms with van der Waals surface area (Å²) in [6.45, 7) is 9.24. The Morgan fingerprint density at radius 2 is 2.21 bits per heavy atom. The van der Waals surface area contributed by atoms with Crippen LogP contribution >= 0.6 is 11.8 Å². The topological polar surface area (TPSA) is 16.1 Å². The number of hydrogen-bond acceptors (Lipinski definition) is 3. The number of aromatic nitrogens is 1. The van der Waals surface area contributed by atoms with E-state index in [0.29, 0.717) is 6.04 Å². The number of nitrogens with zero attached hydrogens (tertiary/aromatic N) is 2. The molecule has 0 unspecified atom stereocenters. The standard InChI is InChI=1S/C16H26N2S/c1-4-19-16-9-8-14(11-17-16)15-7-5-6-10-18(15)12-13(2)3/h8-9,11,13,15H,4-7,10,12H2,1-3H3/t15-/m0/s1. The Bertz CT molecular complexity index is 375. The van der Waals surface area contributed by atoms with Gasteiger partial charge >= 0.3 is 0 Å². The van der Waals surface area contributed by atoms with Crippen molar-refractivity contribution in [3.8, 4) is 0 Å². The van der Waals surface area contributed by atoms with Gasteiger partial charge in [0.05, 0.1) is 5.03 Å². The number of rotatable bonds is 5. The molecule has 3 heteroatoms. The van der Waals surface area contributed by atoms with Crippen molar-refractivity contribution in [3.63, 3.8) is 0 Å². The van der Waals surface area contributed by atoms with Crippen LogP contribution in [0.25, 0.3) is 0 Å². The third-order valence-electron chi connectivity index (χ3n) is 3.65. The molecule has 19 heavy (non-hydrogen) atoms. The van der Waals surface area contributed by atoms with Gasteiger partial charge in [-0.05, 0) is 42.7 Å². The second kappa shape index (κ2) is 7.30. The molecule has 1 aliphatic heterocycles. The van der Waals surface area contributed by atoms with E-state index in [2.05, 4.69) is 49.0 Å². The fourth-order valence-electron chi connectivity index (χ4n) is 2.88. The highest BCUT2D eigenvalue weighted by atomic mass is 32.2. The Labute approximate surface area is 122 Å². The molecular formula is C16H26N2S. The van der Waals surface area contributed by atoms with E-state index in [4.69, 9.17) is 0 Å². The van der Waals surface area contributed by atoms with E-state index in [1.165, 1.54) is 37.9 Å². The van der Waals surface area contributed by atoms with Crippen LogP contribution in [0.1, 0.15) is 51.6 Å². The van der Waals surface area contributed by atoms with Crippen LogP contribution in [0.2, 0.25) is 0 Å². The zero-order chi connectivity index (χ0) is 13.7. The van der Waals surface area contributed by atoms with Crippen LogP contribution in [0.4, 0.5) is 0 Å². The van der Waals surface area contributed by atoms with E-state index < -0.39 is 0 Å². The molecule has 0 amide bonds. The SMILES string of the molecule is CCSc1ccc([C@@H]2CCCCN2CC(C)C)cn1. The summed E-state index contributed by atoms with van der Waals surface area (Å²) in [4.78, 5) is 7.24. The van der Waals surface area contributed by atoms with Crippen LogP contribution in [0, 0.1) is 5.92 Å². The molecular weight excluding hydrogens is 252 g/mol. The second-order valence-corrected chi connectivity index (χ2v) is 7.05. The van der Waals surface area contributed by atoms with Crippen LogP contribution in [0.15, 0.2) is 23.4 Å².